The molecule has 0 saturated carbocycles. The molecule has 1 amide bonds. The van der Waals surface area contributed by atoms with Crippen molar-refractivity contribution < 1.29 is 23.9 Å². The van der Waals surface area contributed by atoms with Crippen molar-refractivity contribution in [1.82, 2.24) is 5.32 Å². The molecule has 0 atom stereocenters. The Morgan fingerprint density at radius 1 is 1.11 bits per heavy atom. The van der Waals surface area contributed by atoms with Crippen LogP contribution in [0.1, 0.15) is 76.6 Å². The van der Waals surface area contributed by atoms with E-state index in [1.807, 2.05) is 77.1 Å². The van der Waals surface area contributed by atoms with Gasteiger partial charge in [0.1, 0.15) is 23.8 Å². The van der Waals surface area contributed by atoms with Crippen molar-refractivity contribution in [2.24, 2.45) is 0 Å². The molecule has 1 aliphatic heterocycles. The minimum absolute atomic E-state index is 0.0345. The van der Waals surface area contributed by atoms with Gasteiger partial charge >= 0.3 is 7.12 Å². The first-order chi connectivity index (χ1) is 17.3. The Kier molecular flexibility index (Phi) is 8.55. The predicted octanol–water partition coefficient (Wildman–Crippen LogP) is 5.75. The van der Waals surface area contributed by atoms with Crippen molar-refractivity contribution in [3.05, 3.63) is 70.2 Å². The molecule has 8 heteroatoms. The van der Waals surface area contributed by atoms with E-state index < -0.39 is 29.9 Å². The largest absolute Gasteiger partial charge is 0.507 e. The molecule has 0 spiro atoms. The minimum Gasteiger partial charge on any atom is -0.507 e. The Hall–Kier alpha value is -3.10. The van der Waals surface area contributed by atoms with Crippen LogP contribution in [0.5, 0.6) is 5.75 Å². The third-order valence-electron chi connectivity index (χ3n) is 7.06. The molecule has 2 aromatic carbocycles. The Morgan fingerprint density at radius 2 is 1.70 bits per heavy atom. The molecule has 0 radical (unpaired) electrons. The number of aryl methyl sites for hydroxylation is 1. The molecule has 1 fully saturated rings. The van der Waals surface area contributed by atoms with E-state index in [0.717, 1.165) is 16.7 Å². The summed E-state index contributed by atoms with van der Waals surface area (Å²) >= 11 is 0. The Labute approximate surface area is 220 Å². The van der Waals surface area contributed by atoms with Crippen LogP contribution in [-0.2, 0) is 20.7 Å². The highest BCUT2D eigenvalue weighted by Gasteiger charge is 2.54. The first-order valence-electron chi connectivity index (χ1n) is 12.8. The van der Waals surface area contributed by atoms with Crippen molar-refractivity contribution >= 4 is 24.5 Å². The highest BCUT2D eigenvalue weighted by atomic mass is 16.7. The molecule has 198 valence electrons. The van der Waals surface area contributed by atoms with Crippen molar-refractivity contribution in [2.45, 2.75) is 79.1 Å². The van der Waals surface area contributed by atoms with Crippen LogP contribution in [-0.4, -0.2) is 41.6 Å². The van der Waals surface area contributed by atoms with Crippen molar-refractivity contribution in [2.75, 3.05) is 6.54 Å². The zero-order valence-corrected chi connectivity index (χ0v) is 23.2. The quantitative estimate of drug-likeness (QED) is 0.228. The summed E-state index contributed by atoms with van der Waals surface area (Å²) < 4.78 is 18.6. The highest BCUT2D eigenvalue weighted by molar-refractivity contribution is 6.71. The number of nitrogens with one attached hydrogen (secondary N) is 2. The highest BCUT2D eigenvalue weighted by Crippen LogP contribution is 2.41. The number of aliphatic hydroxyl groups excluding tert-OH is 1. The second kappa shape index (κ2) is 11.1. The SMILES string of the molecule is CCNC(=O)C(=N)/C(B1OC(C)(C)C(C)(C)O1)=C(\O)c1cc(C(C)C)c(C)cc1OCc1ccccc1. The summed E-state index contributed by atoms with van der Waals surface area (Å²) in [7, 11) is -1.12. The van der Waals surface area contributed by atoms with Gasteiger partial charge in [0.05, 0.1) is 22.2 Å². The maximum absolute atomic E-state index is 12.8. The number of ether oxygens (including phenoxy) is 1. The summed E-state index contributed by atoms with van der Waals surface area (Å²) in [5.74, 6) is -0.278. The van der Waals surface area contributed by atoms with E-state index in [1.165, 1.54) is 0 Å². The first kappa shape index (κ1) is 28.5. The van der Waals surface area contributed by atoms with Gasteiger partial charge in [-0.05, 0) is 76.3 Å². The lowest BCUT2D eigenvalue weighted by Crippen LogP contribution is -2.41. The molecular weight excluding hydrogens is 467 g/mol. The molecular formula is C29H39BN2O5. The van der Waals surface area contributed by atoms with Gasteiger partial charge in [-0.2, -0.15) is 0 Å². The fraction of sp³-hybridized carbons (Fsp3) is 0.448. The number of rotatable bonds is 9. The molecule has 37 heavy (non-hydrogen) atoms. The average Bonchev–Trinajstić information content (AvgIpc) is 3.04. The van der Waals surface area contributed by atoms with Crippen LogP contribution in [0.4, 0.5) is 0 Å². The van der Waals surface area contributed by atoms with Crippen LogP contribution in [0.3, 0.4) is 0 Å². The molecule has 1 aliphatic rings. The number of aliphatic hydroxyl groups is 1. The molecule has 0 unspecified atom stereocenters. The Bertz CT molecular complexity index is 1170. The maximum atomic E-state index is 12.8. The number of benzene rings is 2. The second-order valence-electron chi connectivity index (χ2n) is 10.7. The molecule has 3 rings (SSSR count). The van der Waals surface area contributed by atoms with E-state index in [9.17, 15) is 9.90 Å². The average molecular weight is 506 g/mol. The van der Waals surface area contributed by atoms with Gasteiger partial charge < -0.3 is 24.5 Å². The normalized spacial score (nSPS) is 16.9. The number of carbonyl (C=O) groups is 1. The van der Waals surface area contributed by atoms with Gasteiger partial charge in [-0.15, -0.1) is 0 Å². The monoisotopic (exact) mass is 506 g/mol. The zero-order chi connectivity index (χ0) is 27.5. The molecule has 3 N–H and O–H groups in total. The second-order valence-corrected chi connectivity index (χ2v) is 10.7. The third-order valence-corrected chi connectivity index (χ3v) is 7.06. The smallest absolute Gasteiger partial charge is 0.501 e. The fourth-order valence-electron chi connectivity index (χ4n) is 4.19. The summed E-state index contributed by atoms with van der Waals surface area (Å²) in [6.07, 6.45) is 0. The molecule has 0 bridgehead atoms. The van der Waals surface area contributed by atoms with Gasteiger partial charge in [0.25, 0.3) is 5.91 Å². The number of hydrogen-bond donors (Lipinski definition) is 3. The molecule has 0 aliphatic carbocycles. The molecule has 1 heterocycles. The van der Waals surface area contributed by atoms with Gasteiger partial charge in [0.2, 0.25) is 0 Å². The lowest BCUT2D eigenvalue weighted by molar-refractivity contribution is -0.114. The summed E-state index contributed by atoms with van der Waals surface area (Å²) in [4.78, 5) is 12.8. The maximum Gasteiger partial charge on any atom is 0.501 e. The van der Waals surface area contributed by atoms with Gasteiger partial charge in [-0.25, -0.2) is 0 Å². The van der Waals surface area contributed by atoms with Gasteiger partial charge in [0, 0.05) is 6.54 Å². The molecule has 2 aromatic rings. The molecule has 0 aromatic heterocycles. The van der Waals surface area contributed by atoms with E-state index in [4.69, 9.17) is 19.5 Å². The summed E-state index contributed by atoms with van der Waals surface area (Å²) in [6.45, 7) is 16.1. The van der Waals surface area contributed by atoms with Crippen molar-refractivity contribution in [3.63, 3.8) is 0 Å². The van der Waals surface area contributed by atoms with Gasteiger partial charge in [-0.3, -0.25) is 10.2 Å². The summed E-state index contributed by atoms with van der Waals surface area (Å²) in [5.41, 5.74) is 1.48. The van der Waals surface area contributed by atoms with Crippen molar-refractivity contribution in [3.8, 4) is 5.75 Å². The van der Waals surface area contributed by atoms with Crippen LogP contribution >= 0.6 is 0 Å². The van der Waals surface area contributed by atoms with Crippen LogP contribution in [0.25, 0.3) is 5.76 Å². The summed E-state index contributed by atoms with van der Waals surface area (Å²) in [6, 6.07) is 13.5. The summed E-state index contributed by atoms with van der Waals surface area (Å²) in [5, 5.41) is 23.1. The van der Waals surface area contributed by atoms with Crippen LogP contribution in [0, 0.1) is 12.3 Å². The van der Waals surface area contributed by atoms with E-state index in [1.54, 1.807) is 6.92 Å². The zero-order valence-electron chi connectivity index (χ0n) is 23.2. The van der Waals surface area contributed by atoms with E-state index >= 15 is 0 Å². The standard InChI is InChI=1S/C29H39BN2O5/c1-9-32-27(34)25(31)24(30-36-28(5,6)29(7,8)37-30)26(33)22-16-21(18(2)3)19(4)15-23(22)35-17-20-13-11-10-12-14-20/h10-16,18,31,33H,9,17H2,1-8H3,(H,32,34)/b26-24+,31-25?. The molecule has 1 saturated heterocycles. The van der Waals surface area contributed by atoms with E-state index in [2.05, 4.69) is 19.2 Å². The van der Waals surface area contributed by atoms with E-state index in [-0.39, 0.29) is 17.1 Å². The lowest BCUT2D eigenvalue weighted by atomic mass is 9.72. The predicted molar refractivity (Wildman–Crippen MR) is 148 cm³/mol. The minimum atomic E-state index is -1.12. The first-order valence-corrected chi connectivity index (χ1v) is 12.8. The van der Waals surface area contributed by atoms with Gasteiger partial charge in [0.15, 0.2) is 0 Å². The lowest BCUT2D eigenvalue weighted by Gasteiger charge is -2.32. The van der Waals surface area contributed by atoms with Crippen molar-refractivity contribution in [1.29, 1.82) is 5.41 Å². The van der Waals surface area contributed by atoms with Crippen LogP contribution < -0.4 is 10.1 Å². The van der Waals surface area contributed by atoms with Crippen LogP contribution in [0.2, 0.25) is 0 Å². The fourth-order valence-corrected chi connectivity index (χ4v) is 4.19. The van der Waals surface area contributed by atoms with E-state index in [0.29, 0.717) is 24.5 Å². The number of amides is 1. The Balaban J connectivity index is 2.19. The van der Waals surface area contributed by atoms with Gasteiger partial charge in [-0.1, -0.05) is 44.2 Å². The molecule has 7 nitrogen and oxygen atoms in total. The topological polar surface area (TPSA) is 101 Å². The number of hydrogen-bond acceptors (Lipinski definition) is 6. The van der Waals surface area contributed by atoms with Crippen LogP contribution in [0.15, 0.2) is 47.9 Å². The Morgan fingerprint density at radius 3 is 2.24 bits per heavy atom. The third kappa shape index (κ3) is 6.08. The number of carbonyl (C=O) groups excluding carboxylic acids is 1.